The fraction of sp³-hybridized carbons (Fsp3) is 0.562. The van der Waals surface area contributed by atoms with Gasteiger partial charge in [-0.05, 0) is 32.2 Å². The highest BCUT2D eigenvalue weighted by Crippen LogP contribution is 2.33. The molecule has 1 amide bonds. The predicted molar refractivity (Wildman–Crippen MR) is 92.3 cm³/mol. The van der Waals surface area contributed by atoms with Gasteiger partial charge in [0.25, 0.3) is 0 Å². The average molecular weight is 393 g/mol. The molecule has 1 fully saturated rings. The van der Waals surface area contributed by atoms with E-state index >= 15 is 0 Å². The van der Waals surface area contributed by atoms with Crippen LogP contribution in [0.2, 0.25) is 0 Å². The first-order chi connectivity index (χ1) is 11.9. The number of halogens is 3. The van der Waals surface area contributed by atoms with E-state index < -0.39 is 33.7 Å². The van der Waals surface area contributed by atoms with Crippen molar-refractivity contribution in [2.24, 2.45) is 0 Å². The van der Waals surface area contributed by atoms with Crippen molar-refractivity contribution in [2.45, 2.75) is 19.1 Å². The number of likely N-dealkylation sites (N-methyl/N-ethyl adjacent to an activating group) is 1. The molecule has 1 heterocycles. The molecule has 0 spiro atoms. The van der Waals surface area contributed by atoms with Gasteiger partial charge in [0.1, 0.15) is 6.04 Å². The molecule has 1 aromatic rings. The largest absolute Gasteiger partial charge is 0.416 e. The molecule has 1 aliphatic rings. The molecule has 146 valence electrons. The maximum Gasteiger partial charge on any atom is 0.416 e. The van der Waals surface area contributed by atoms with Crippen LogP contribution in [0.25, 0.3) is 0 Å². The van der Waals surface area contributed by atoms with Gasteiger partial charge in [-0.15, -0.1) is 0 Å². The third-order valence-electron chi connectivity index (χ3n) is 4.31. The molecule has 0 aliphatic carbocycles. The number of hydrogen-bond acceptors (Lipinski definition) is 4. The van der Waals surface area contributed by atoms with Crippen LogP contribution >= 0.6 is 0 Å². The van der Waals surface area contributed by atoms with Gasteiger partial charge in [0, 0.05) is 26.2 Å². The predicted octanol–water partition coefficient (Wildman–Crippen LogP) is 1.63. The van der Waals surface area contributed by atoms with E-state index in [4.69, 9.17) is 0 Å². The third kappa shape index (κ3) is 4.67. The summed E-state index contributed by atoms with van der Waals surface area (Å²) in [6.45, 7) is 3.59. The third-order valence-corrected chi connectivity index (χ3v) is 5.55. The molecule has 10 heteroatoms. The molecular weight excluding hydrogens is 371 g/mol. The summed E-state index contributed by atoms with van der Waals surface area (Å²) in [5.74, 6) is -0.430. The minimum Gasteiger partial charge on any atom is -0.338 e. The Morgan fingerprint density at radius 3 is 2.27 bits per heavy atom. The highest BCUT2D eigenvalue weighted by molar-refractivity contribution is 7.92. The van der Waals surface area contributed by atoms with E-state index in [1.807, 2.05) is 11.9 Å². The van der Waals surface area contributed by atoms with E-state index in [-0.39, 0.29) is 5.69 Å². The van der Waals surface area contributed by atoms with Gasteiger partial charge in [0.2, 0.25) is 15.9 Å². The number of carbonyl (C=O) groups is 1. The van der Waals surface area contributed by atoms with Crippen molar-refractivity contribution in [3.63, 3.8) is 0 Å². The zero-order valence-electron chi connectivity index (χ0n) is 14.8. The molecule has 26 heavy (non-hydrogen) atoms. The Hall–Kier alpha value is -1.81. The van der Waals surface area contributed by atoms with E-state index in [0.29, 0.717) is 26.2 Å². The smallest absolute Gasteiger partial charge is 0.338 e. The number of alkyl halides is 3. The van der Waals surface area contributed by atoms with Crippen molar-refractivity contribution in [3.8, 4) is 0 Å². The first-order valence-electron chi connectivity index (χ1n) is 8.05. The number of carbonyl (C=O) groups excluding carboxylic acids is 1. The minimum atomic E-state index is -4.61. The molecule has 0 bridgehead atoms. The van der Waals surface area contributed by atoms with Crippen LogP contribution in [0, 0.1) is 0 Å². The number of rotatable bonds is 4. The van der Waals surface area contributed by atoms with Crippen molar-refractivity contribution < 1.29 is 26.4 Å². The summed E-state index contributed by atoms with van der Waals surface area (Å²) in [6.07, 6.45) is -3.73. The zero-order valence-corrected chi connectivity index (χ0v) is 15.6. The van der Waals surface area contributed by atoms with Crippen molar-refractivity contribution in [1.29, 1.82) is 0 Å². The number of benzene rings is 1. The molecule has 0 radical (unpaired) electrons. The van der Waals surface area contributed by atoms with Crippen molar-refractivity contribution in [3.05, 3.63) is 29.8 Å². The van der Waals surface area contributed by atoms with Crippen molar-refractivity contribution >= 4 is 21.6 Å². The lowest BCUT2D eigenvalue weighted by Crippen LogP contribution is -2.54. The molecule has 2 rings (SSSR count). The SMILES string of the molecule is C[C@@H](C(=O)N1CCN(C)CC1)N(c1cccc(C(F)(F)F)c1)S(C)(=O)=O. The average Bonchev–Trinajstić information content (AvgIpc) is 2.53. The van der Waals surface area contributed by atoms with E-state index in [2.05, 4.69) is 0 Å². The first-order valence-corrected chi connectivity index (χ1v) is 9.90. The Morgan fingerprint density at radius 1 is 1.19 bits per heavy atom. The maximum absolute atomic E-state index is 13.0. The lowest BCUT2D eigenvalue weighted by Gasteiger charge is -2.37. The zero-order chi connectivity index (χ0) is 19.7. The molecular formula is C16H22F3N3O3S. The summed E-state index contributed by atoms with van der Waals surface area (Å²) < 4.78 is 64.1. The molecule has 0 saturated carbocycles. The highest BCUT2D eigenvalue weighted by atomic mass is 32.2. The van der Waals surface area contributed by atoms with Gasteiger partial charge in [-0.1, -0.05) is 6.07 Å². The molecule has 1 aromatic carbocycles. The number of anilines is 1. The Labute approximate surface area is 151 Å². The molecule has 0 aromatic heterocycles. The number of sulfonamides is 1. The van der Waals surface area contributed by atoms with Gasteiger partial charge in [-0.25, -0.2) is 8.42 Å². The molecule has 1 aliphatic heterocycles. The molecule has 0 N–H and O–H groups in total. The quantitative estimate of drug-likeness (QED) is 0.780. The molecule has 6 nitrogen and oxygen atoms in total. The van der Waals surface area contributed by atoms with Gasteiger partial charge >= 0.3 is 6.18 Å². The van der Waals surface area contributed by atoms with Crippen LogP contribution in [0.5, 0.6) is 0 Å². The standard InChI is InChI=1S/C16H22F3N3O3S/c1-12(15(23)21-9-7-20(2)8-10-21)22(26(3,24)25)14-6-4-5-13(11-14)16(17,18)19/h4-6,11-12H,7-10H2,1-3H3/t12-/m0/s1. The van der Waals surface area contributed by atoms with Gasteiger partial charge < -0.3 is 9.80 Å². The number of amides is 1. The lowest BCUT2D eigenvalue weighted by molar-refractivity contribution is -0.137. The maximum atomic E-state index is 13.0. The summed E-state index contributed by atoms with van der Waals surface area (Å²) in [4.78, 5) is 16.3. The fourth-order valence-corrected chi connectivity index (χ4v) is 4.07. The minimum absolute atomic E-state index is 0.183. The van der Waals surface area contributed by atoms with Crippen molar-refractivity contribution in [2.75, 3.05) is 43.8 Å². The molecule has 1 saturated heterocycles. The highest BCUT2D eigenvalue weighted by Gasteiger charge is 2.35. The van der Waals surface area contributed by atoms with E-state index in [9.17, 15) is 26.4 Å². The van der Waals surface area contributed by atoms with Gasteiger partial charge in [0.05, 0.1) is 17.5 Å². The number of nitrogens with zero attached hydrogens (tertiary/aromatic N) is 3. The molecule has 0 unspecified atom stereocenters. The molecule has 1 atom stereocenters. The van der Waals surface area contributed by atoms with Crippen LogP contribution in [0.3, 0.4) is 0 Å². The van der Waals surface area contributed by atoms with Crippen LogP contribution in [-0.2, 0) is 21.0 Å². The van der Waals surface area contributed by atoms with Gasteiger partial charge in [0.15, 0.2) is 0 Å². The number of hydrogen-bond donors (Lipinski definition) is 0. The number of piperazine rings is 1. The Bertz CT molecular complexity index is 759. The van der Waals surface area contributed by atoms with Crippen LogP contribution in [-0.4, -0.2) is 69.6 Å². The Kier molecular flexibility index (Phi) is 5.86. The Morgan fingerprint density at radius 2 is 1.77 bits per heavy atom. The first kappa shape index (κ1) is 20.5. The van der Waals surface area contributed by atoms with Crippen LogP contribution in [0.15, 0.2) is 24.3 Å². The van der Waals surface area contributed by atoms with E-state index in [1.165, 1.54) is 17.9 Å². The van der Waals surface area contributed by atoms with Gasteiger partial charge in [-0.2, -0.15) is 13.2 Å². The van der Waals surface area contributed by atoms with Crippen LogP contribution < -0.4 is 4.31 Å². The summed E-state index contributed by atoms with van der Waals surface area (Å²) in [5.41, 5.74) is -1.15. The normalized spacial score (nSPS) is 17.8. The fourth-order valence-electron chi connectivity index (χ4n) is 2.91. The second-order valence-electron chi connectivity index (χ2n) is 6.41. The summed E-state index contributed by atoms with van der Waals surface area (Å²) >= 11 is 0. The lowest BCUT2D eigenvalue weighted by atomic mass is 10.1. The van der Waals surface area contributed by atoms with Crippen molar-refractivity contribution in [1.82, 2.24) is 9.80 Å². The van der Waals surface area contributed by atoms with Crippen LogP contribution in [0.4, 0.5) is 18.9 Å². The second kappa shape index (κ2) is 7.43. The van der Waals surface area contributed by atoms with E-state index in [0.717, 1.165) is 28.8 Å². The summed E-state index contributed by atoms with van der Waals surface area (Å²) in [5, 5.41) is 0. The second-order valence-corrected chi connectivity index (χ2v) is 8.27. The topological polar surface area (TPSA) is 60.9 Å². The van der Waals surface area contributed by atoms with E-state index in [1.54, 1.807) is 0 Å². The summed E-state index contributed by atoms with van der Waals surface area (Å²) in [6, 6.07) is 2.84. The summed E-state index contributed by atoms with van der Waals surface area (Å²) in [7, 11) is -2.05. The van der Waals surface area contributed by atoms with Crippen LogP contribution in [0.1, 0.15) is 12.5 Å². The Balaban J connectivity index is 2.35. The monoisotopic (exact) mass is 393 g/mol. The van der Waals surface area contributed by atoms with Gasteiger partial charge in [-0.3, -0.25) is 9.10 Å².